The highest BCUT2D eigenvalue weighted by Crippen LogP contribution is 2.27. The van der Waals surface area contributed by atoms with Crippen LogP contribution in [0.1, 0.15) is 26.3 Å². The molecule has 4 amide bonds. The Morgan fingerprint density at radius 3 is 1.96 bits per heavy atom. The number of hydrazine groups is 1. The number of nitrogens with two attached hydrogens (primary N) is 1. The zero-order chi connectivity index (χ0) is 19.8. The number of urea groups is 1. The van der Waals surface area contributed by atoms with Gasteiger partial charge in [-0.2, -0.15) is 0 Å². The number of carbonyl (C=O) groups excluding carboxylic acids is 3. The maximum Gasteiger partial charge on any atom is 0.312 e. The number of ether oxygens (including phenoxy) is 2. The Balaban J connectivity index is 1.94. The van der Waals surface area contributed by atoms with Crippen LogP contribution in [-0.2, 0) is 6.54 Å². The van der Waals surface area contributed by atoms with E-state index in [1.165, 1.54) is 20.3 Å². The van der Waals surface area contributed by atoms with Crippen LogP contribution in [0.4, 0.5) is 4.79 Å². The molecule has 0 radical (unpaired) electrons. The fourth-order valence-electron chi connectivity index (χ4n) is 2.20. The van der Waals surface area contributed by atoms with Crippen molar-refractivity contribution in [2.24, 2.45) is 5.73 Å². The number of primary amides is 1. The minimum Gasteiger partial charge on any atom is -0.493 e. The van der Waals surface area contributed by atoms with Crippen molar-refractivity contribution in [2.45, 2.75) is 6.54 Å². The molecule has 0 saturated carbocycles. The van der Waals surface area contributed by atoms with Gasteiger partial charge >= 0.3 is 6.03 Å². The standard InChI is InChI=1S/C18H20N4O5/c1-26-14-8-7-13(9-15(14)27-2)17(24)22-21-16(23)12-5-3-11(4-6-12)10-20-18(19)25/h3-9H,10H2,1-2H3,(H,21,23)(H,22,24)(H3,19,20,25). The number of amides is 4. The van der Waals surface area contributed by atoms with Gasteiger partial charge in [-0.3, -0.25) is 20.4 Å². The molecule has 9 nitrogen and oxygen atoms in total. The van der Waals surface area contributed by atoms with Crippen molar-refractivity contribution in [1.29, 1.82) is 0 Å². The first-order valence-corrected chi connectivity index (χ1v) is 7.89. The summed E-state index contributed by atoms with van der Waals surface area (Å²) in [7, 11) is 2.96. The van der Waals surface area contributed by atoms with Gasteiger partial charge in [0.1, 0.15) is 0 Å². The highest BCUT2D eigenvalue weighted by Gasteiger charge is 2.12. The maximum atomic E-state index is 12.2. The average Bonchev–Trinajstić information content (AvgIpc) is 2.69. The number of nitrogens with one attached hydrogen (secondary N) is 3. The number of hydrogen-bond donors (Lipinski definition) is 4. The van der Waals surface area contributed by atoms with E-state index in [0.29, 0.717) is 22.6 Å². The zero-order valence-corrected chi connectivity index (χ0v) is 14.9. The van der Waals surface area contributed by atoms with Crippen LogP contribution < -0.4 is 31.4 Å². The van der Waals surface area contributed by atoms with Crippen LogP contribution in [0.3, 0.4) is 0 Å². The number of methoxy groups -OCH3 is 2. The summed E-state index contributed by atoms with van der Waals surface area (Å²) in [5.41, 5.74) is 11.1. The van der Waals surface area contributed by atoms with Gasteiger partial charge in [-0.05, 0) is 35.9 Å². The van der Waals surface area contributed by atoms with Gasteiger partial charge in [0.25, 0.3) is 11.8 Å². The normalized spacial score (nSPS) is 9.85. The van der Waals surface area contributed by atoms with Crippen LogP contribution in [0, 0.1) is 0 Å². The van der Waals surface area contributed by atoms with Crippen molar-refractivity contribution in [3.63, 3.8) is 0 Å². The fourth-order valence-corrected chi connectivity index (χ4v) is 2.20. The summed E-state index contributed by atoms with van der Waals surface area (Å²) in [4.78, 5) is 35.0. The lowest BCUT2D eigenvalue weighted by Crippen LogP contribution is -2.41. The molecule has 0 bridgehead atoms. The smallest absolute Gasteiger partial charge is 0.312 e. The van der Waals surface area contributed by atoms with Gasteiger partial charge in [-0.15, -0.1) is 0 Å². The summed E-state index contributed by atoms with van der Waals surface area (Å²) in [5.74, 6) is -0.106. The molecule has 0 atom stereocenters. The predicted molar refractivity (Wildman–Crippen MR) is 97.3 cm³/mol. The second-order valence-corrected chi connectivity index (χ2v) is 5.39. The van der Waals surface area contributed by atoms with Crippen molar-refractivity contribution in [3.05, 3.63) is 59.2 Å². The van der Waals surface area contributed by atoms with Gasteiger partial charge in [0.2, 0.25) is 0 Å². The van der Waals surface area contributed by atoms with Crippen molar-refractivity contribution in [3.8, 4) is 11.5 Å². The third kappa shape index (κ3) is 5.36. The summed E-state index contributed by atoms with van der Waals surface area (Å²) in [6.07, 6.45) is 0. The maximum absolute atomic E-state index is 12.2. The molecule has 2 aromatic carbocycles. The van der Waals surface area contributed by atoms with E-state index in [-0.39, 0.29) is 6.54 Å². The van der Waals surface area contributed by atoms with Crippen LogP contribution in [0.2, 0.25) is 0 Å². The molecule has 0 spiro atoms. The Kier molecular flexibility index (Phi) is 6.59. The summed E-state index contributed by atoms with van der Waals surface area (Å²) in [6.45, 7) is 0.257. The summed E-state index contributed by atoms with van der Waals surface area (Å²) in [5, 5.41) is 2.45. The van der Waals surface area contributed by atoms with Crippen molar-refractivity contribution in [2.75, 3.05) is 14.2 Å². The van der Waals surface area contributed by atoms with E-state index >= 15 is 0 Å². The van der Waals surface area contributed by atoms with Crippen LogP contribution in [0.25, 0.3) is 0 Å². The molecule has 9 heteroatoms. The average molecular weight is 372 g/mol. The lowest BCUT2D eigenvalue weighted by atomic mass is 10.1. The molecule has 0 unspecified atom stereocenters. The molecule has 2 rings (SSSR count). The molecular formula is C18H20N4O5. The number of hydrogen-bond acceptors (Lipinski definition) is 5. The Hall–Kier alpha value is -3.75. The third-order valence-corrected chi connectivity index (χ3v) is 3.62. The molecule has 2 aromatic rings. The van der Waals surface area contributed by atoms with E-state index in [0.717, 1.165) is 5.56 Å². The SMILES string of the molecule is COc1ccc(C(=O)NNC(=O)c2ccc(CNC(N)=O)cc2)cc1OC. The van der Waals surface area contributed by atoms with Crippen molar-refractivity contribution in [1.82, 2.24) is 16.2 Å². The summed E-state index contributed by atoms with van der Waals surface area (Å²) >= 11 is 0. The topological polar surface area (TPSA) is 132 Å². The molecule has 0 aliphatic carbocycles. The molecule has 0 aromatic heterocycles. The largest absolute Gasteiger partial charge is 0.493 e. The second kappa shape index (κ2) is 9.09. The first-order chi connectivity index (χ1) is 12.9. The lowest BCUT2D eigenvalue weighted by Gasteiger charge is -2.11. The predicted octanol–water partition coefficient (Wildman–Crippen LogP) is 0.947. The van der Waals surface area contributed by atoms with E-state index in [9.17, 15) is 14.4 Å². The second-order valence-electron chi connectivity index (χ2n) is 5.39. The molecular weight excluding hydrogens is 352 g/mol. The molecule has 0 fully saturated rings. The molecule has 0 heterocycles. The quantitative estimate of drug-likeness (QED) is 0.561. The first-order valence-electron chi connectivity index (χ1n) is 7.89. The monoisotopic (exact) mass is 372 g/mol. The van der Waals surface area contributed by atoms with Gasteiger partial charge in [-0.1, -0.05) is 12.1 Å². The number of carbonyl (C=O) groups is 3. The minimum atomic E-state index is -0.630. The summed E-state index contributed by atoms with van der Waals surface area (Å²) in [6, 6.07) is 10.5. The van der Waals surface area contributed by atoms with Crippen LogP contribution in [-0.4, -0.2) is 32.1 Å². The molecule has 0 saturated heterocycles. The molecule has 5 N–H and O–H groups in total. The van der Waals surface area contributed by atoms with Gasteiger partial charge in [0, 0.05) is 17.7 Å². The van der Waals surface area contributed by atoms with Crippen LogP contribution in [0.5, 0.6) is 11.5 Å². The van der Waals surface area contributed by atoms with E-state index in [2.05, 4.69) is 16.2 Å². The number of rotatable bonds is 6. The molecule has 27 heavy (non-hydrogen) atoms. The molecule has 0 aliphatic rings. The van der Waals surface area contributed by atoms with Crippen molar-refractivity contribution < 1.29 is 23.9 Å². The van der Waals surface area contributed by atoms with Crippen LogP contribution in [0.15, 0.2) is 42.5 Å². The van der Waals surface area contributed by atoms with Crippen LogP contribution >= 0.6 is 0 Å². The van der Waals surface area contributed by atoms with Gasteiger partial charge in [-0.25, -0.2) is 4.79 Å². The Bertz CT molecular complexity index is 836. The Morgan fingerprint density at radius 1 is 0.852 bits per heavy atom. The highest BCUT2D eigenvalue weighted by atomic mass is 16.5. The van der Waals surface area contributed by atoms with E-state index in [1.807, 2.05) is 0 Å². The minimum absolute atomic E-state index is 0.257. The zero-order valence-electron chi connectivity index (χ0n) is 14.9. The van der Waals surface area contributed by atoms with Gasteiger partial charge in [0.05, 0.1) is 14.2 Å². The van der Waals surface area contributed by atoms with Gasteiger partial charge in [0.15, 0.2) is 11.5 Å². The Labute approximate surface area is 155 Å². The van der Waals surface area contributed by atoms with E-state index < -0.39 is 17.8 Å². The van der Waals surface area contributed by atoms with E-state index in [4.69, 9.17) is 15.2 Å². The molecule has 142 valence electrons. The molecule has 0 aliphatic heterocycles. The summed E-state index contributed by atoms with van der Waals surface area (Å²) < 4.78 is 10.3. The Morgan fingerprint density at radius 2 is 1.41 bits per heavy atom. The van der Waals surface area contributed by atoms with E-state index in [1.54, 1.807) is 36.4 Å². The fraction of sp³-hybridized carbons (Fsp3) is 0.167. The number of benzene rings is 2. The first kappa shape index (κ1) is 19.6. The highest BCUT2D eigenvalue weighted by molar-refractivity contribution is 5.99. The lowest BCUT2D eigenvalue weighted by molar-refractivity contribution is 0.0846. The van der Waals surface area contributed by atoms with Gasteiger partial charge < -0.3 is 20.5 Å². The van der Waals surface area contributed by atoms with Crippen molar-refractivity contribution >= 4 is 17.8 Å². The third-order valence-electron chi connectivity index (χ3n) is 3.62.